The van der Waals surface area contributed by atoms with Gasteiger partial charge in [-0.3, -0.25) is 9.69 Å². The van der Waals surface area contributed by atoms with E-state index in [1.54, 1.807) is 24.0 Å². The van der Waals surface area contributed by atoms with Gasteiger partial charge in [0.25, 0.3) is 5.91 Å². The highest BCUT2D eigenvalue weighted by Crippen LogP contribution is 2.44. The highest BCUT2D eigenvalue weighted by molar-refractivity contribution is 7.89. The van der Waals surface area contributed by atoms with Crippen LogP contribution in [0.5, 0.6) is 0 Å². The number of carbonyl (C=O) groups excluding carboxylic acids is 1. The van der Waals surface area contributed by atoms with Gasteiger partial charge in [-0.15, -0.1) is 0 Å². The van der Waals surface area contributed by atoms with Crippen molar-refractivity contribution in [3.05, 3.63) is 52.8 Å². The quantitative estimate of drug-likeness (QED) is 0.652. The summed E-state index contributed by atoms with van der Waals surface area (Å²) in [5.41, 5.74) is 0.341. The van der Waals surface area contributed by atoms with Gasteiger partial charge in [-0.1, -0.05) is 0 Å². The maximum absolute atomic E-state index is 13.5. The van der Waals surface area contributed by atoms with E-state index in [9.17, 15) is 26.4 Å². The van der Waals surface area contributed by atoms with Gasteiger partial charge in [-0.2, -0.15) is 13.2 Å². The lowest BCUT2D eigenvalue weighted by Crippen LogP contribution is -2.56. The highest BCUT2D eigenvalue weighted by Gasteiger charge is 2.47. The zero-order chi connectivity index (χ0) is 25.1. The number of piperidine rings is 1. The van der Waals surface area contributed by atoms with E-state index < -0.39 is 27.4 Å². The summed E-state index contributed by atoms with van der Waals surface area (Å²) in [5.74, 6) is -0.212. The van der Waals surface area contributed by atoms with E-state index in [0.717, 1.165) is 10.4 Å². The fourth-order valence-corrected chi connectivity index (χ4v) is 6.29. The number of sulfonamides is 1. The molecule has 0 unspecified atom stereocenters. The van der Waals surface area contributed by atoms with Crippen LogP contribution in [0.3, 0.4) is 0 Å². The van der Waals surface area contributed by atoms with Crippen LogP contribution in [0.4, 0.5) is 13.2 Å². The second kappa shape index (κ2) is 8.39. The SMILES string of the molecule is Cc1cc(C(=O)N2CCC3(CC2)c2ccc(C(F)(F)F)n2CCN3C)ccc1S(=O)(=O)N(C)C. The molecule has 4 rings (SSSR count). The standard InChI is InChI=1S/C23H29F3N4O3S/c1-16-15-17(5-6-18(16)34(32,33)27(2)3)21(31)29-11-9-22(10-12-29)19-7-8-20(23(24,25)26)30(19)14-13-28(22)4/h5-8,15H,9-14H2,1-4H3. The molecule has 34 heavy (non-hydrogen) atoms. The van der Waals surface area contributed by atoms with E-state index >= 15 is 0 Å². The molecule has 1 aromatic carbocycles. The maximum Gasteiger partial charge on any atom is 0.431 e. The number of benzene rings is 1. The third-order valence-corrected chi connectivity index (χ3v) is 9.17. The summed E-state index contributed by atoms with van der Waals surface area (Å²) in [6.45, 7) is 3.22. The molecule has 1 saturated heterocycles. The van der Waals surface area contributed by atoms with Crippen molar-refractivity contribution < 1.29 is 26.4 Å². The number of hydrogen-bond donors (Lipinski definition) is 0. The fourth-order valence-electron chi connectivity index (χ4n) is 5.19. The molecule has 0 bridgehead atoms. The van der Waals surface area contributed by atoms with Gasteiger partial charge < -0.3 is 9.47 Å². The Labute approximate surface area is 197 Å². The van der Waals surface area contributed by atoms with Crippen molar-refractivity contribution in [3.8, 4) is 0 Å². The van der Waals surface area contributed by atoms with Crippen molar-refractivity contribution in [2.24, 2.45) is 0 Å². The number of likely N-dealkylation sites (tertiary alicyclic amines) is 1. The predicted octanol–water partition coefficient (Wildman–Crippen LogP) is 3.14. The lowest BCUT2D eigenvalue weighted by atomic mass is 9.81. The van der Waals surface area contributed by atoms with Gasteiger partial charge in [-0.25, -0.2) is 12.7 Å². The molecule has 11 heteroatoms. The number of aromatic nitrogens is 1. The van der Waals surface area contributed by atoms with Gasteiger partial charge >= 0.3 is 6.18 Å². The van der Waals surface area contributed by atoms with E-state index in [0.29, 0.717) is 49.3 Å². The Hall–Kier alpha value is -2.37. The lowest BCUT2D eigenvalue weighted by molar-refractivity contribution is -0.144. The molecule has 0 radical (unpaired) electrons. The van der Waals surface area contributed by atoms with Gasteiger partial charge in [0, 0.05) is 51.5 Å². The van der Waals surface area contributed by atoms with Gasteiger partial charge in [0.15, 0.2) is 0 Å². The summed E-state index contributed by atoms with van der Waals surface area (Å²) in [7, 11) is 1.21. The van der Waals surface area contributed by atoms with Crippen molar-refractivity contribution in [2.45, 2.75) is 42.9 Å². The minimum absolute atomic E-state index is 0.150. The molecule has 0 aliphatic carbocycles. The largest absolute Gasteiger partial charge is 0.431 e. The van der Waals surface area contributed by atoms with Crippen LogP contribution in [0.2, 0.25) is 0 Å². The highest BCUT2D eigenvalue weighted by atomic mass is 32.2. The summed E-state index contributed by atoms with van der Waals surface area (Å²) in [6.07, 6.45) is -3.37. The number of likely N-dealkylation sites (N-methyl/N-ethyl adjacent to an activating group) is 1. The zero-order valence-corrected chi connectivity index (χ0v) is 20.5. The summed E-state index contributed by atoms with van der Waals surface area (Å²) < 4.78 is 67.8. The molecule has 7 nitrogen and oxygen atoms in total. The molecule has 2 aliphatic heterocycles. The molecule has 0 N–H and O–H groups in total. The first kappa shape index (κ1) is 24.7. The van der Waals surface area contributed by atoms with E-state index in [1.807, 2.05) is 7.05 Å². The number of alkyl halides is 3. The van der Waals surface area contributed by atoms with Crippen LogP contribution in [0, 0.1) is 6.92 Å². The summed E-state index contributed by atoms with van der Waals surface area (Å²) >= 11 is 0. The van der Waals surface area contributed by atoms with E-state index in [-0.39, 0.29) is 17.3 Å². The predicted molar refractivity (Wildman–Crippen MR) is 121 cm³/mol. The Morgan fingerprint density at radius 3 is 2.24 bits per heavy atom. The summed E-state index contributed by atoms with van der Waals surface area (Å²) in [5, 5.41) is 0. The van der Waals surface area contributed by atoms with Crippen LogP contribution < -0.4 is 0 Å². The smallest absolute Gasteiger partial charge is 0.338 e. The average Bonchev–Trinajstić information content (AvgIpc) is 3.22. The van der Waals surface area contributed by atoms with Crippen LogP contribution in [-0.2, 0) is 28.3 Å². The maximum atomic E-state index is 13.5. The summed E-state index contributed by atoms with van der Waals surface area (Å²) in [4.78, 5) is 17.1. The number of aryl methyl sites for hydroxylation is 1. The van der Waals surface area contributed by atoms with E-state index in [4.69, 9.17) is 0 Å². The van der Waals surface area contributed by atoms with Crippen LogP contribution in [0.1, 0.15) is 40.2 Å². The monoisotopic (exact) mass is 498 g/mol. The lowest BCUT2D eigenvalue weighted by Gasteiger charge is -2.50. The molecular formula is C23H29F3N4O3S. The second-order valence-electron chi connectivity index (χ2n) is 9.27. The number of hydrogen-bond acceptors (Lipinski definition) is 4. The first-order valence-electron chi connectivity index (χ1n) is 11.1. The van der Waals surface area contributed by atoms with E-state index in [2.05, 4.69) is 4.90 Å². The van der Waals surface area contributed by atoms with Gasteiger partial charge in [0.2, 0.25) is 10.0 Å². The van der Waals surface area contributed by atoms with Crippen LogP contribution in [0.25, 0.3) is 0 Å². The number of amides is 1. The molecule has 1 amide bonds. The third kappa shape index (κ3) is 3.93. The Bertz CT molecular complexity index is 1210. The van der Waals surface area contributed by atoms with Gasteiger partial charge in [0.1, 0.15) is 5.69 Å². The third-order valence-electron chi connectivity index (χ3n) is 7.20. The first-order valence-corrected chi connectivity index (χ1v) is 12.5. The van der Waals surface area contributed by atoms with Gasteiger partial charge in [0.05, 0.1) is 10.4 Å². The van der Waals surface area contributed by atoms with Crippen LogP contribution in [-0.4, -0.2) is 73.8 Å². The fraction of sp³-hybridized carbons (Fsp3) is 0.522. The van der Waals surface area contributed by atoms with Gasteiger partial charge in [-0.05, 0) is 62.7 Å². The first-order chi connectivity index (χ1) is 15.8. The number of halogens is 3. The zero-order valence-electron chi connectivity index (χ0n) is 19.7. The van der Waals surface area contributed by atoms with E-state index in [1.165, 1.54) is 30.8 Å². The van der Waals surface area contributed by atoms with Crippen molar-refractivity contribution in [2.75, 3.05) is 40.8 Å². The minimum atomic E-state index is -4.41. The molecule has 1 aromatic heterocycles. The number of fused-ring (bicyclic) bond motifs is 2. The topological polar surface area (TPSA) is 65.9 Å². The molecule has 186 valence electrons. The van der Waals surface area contributed by atoms with Crippen LogP contribution in [0.15, 0.2) is 35.2 Å². The average molecular weight is 499 g/mol. The number of nitrogens with zero attached hydrogens (tertiary/aromatic N) is 4. The van der Waals surface area contributed by atoms with Crippen molar-refractivity contribution in [3.63, 3.8) is 0 Å². The Morgan fingerprint density at radius 2 is 1.68 bits per heavy atom. The Balaban J connectivity index is 1.55. The molecule has 1 spiro atoms. The Morgan fingerprint density at radius 1 is 1.03 bits per heavy atom. The molecular weight excluding hydrogens is 469 g/mol. The van der Waals surface area contributed by atoms with Crippen molar-refractivity contribution in [1.29, 1.82) is 0 Å². The molecule has 2 aromatic rings. The number of rotatable bonds is 3. The molecule has 3 heterocycles. The van der Waals surface area contributed by atoms with Crippen molar-refractivity contribution in [1.82, 2.24) is 18.7 Å². The number of carbonyl (C=O) groups is 1. The second-order valence-corrected chi connectivity index (χ2v) is 11.4. The normalized spacial score (nSPS) is 19.0. The molecule has 1 fully saturated rings. The van der Waals surface area contributed by atoms with Crippen molar-refractivity contribution >= 4 is 15.9 Å². The molecule has 2 aliphatic rings. The minimum Gasteiger partial charge on any atom is -0.338 e. The van der Waals surface area contributed by atoms with Crippen LogP contribution >= 0.6 is 0 Å². The molecule has 0 atom stereocenters. The Kier molecular flexibility index (Phi) is 6.10. The summed E-state index contributed by atoms with van der Waals surface area (Å²) in [6, 6.07) is 7.27. The molecule has 0 saturated carbocycles.